The number of hydrogen-bond acceptors (Lipinski definition) is 8. The van der Waals surface area contributed by atoms with Gasteiger partial charge in [0.25, 0.3) is 0 Å². The summed E-state index contributed by atoms with van der Waals surface area (Å²) in [4.78, 5) is 25.5. The van der Waals surface area contributed by atoms with Crippen LogP contribution in [-0.4, -0.2) is 54.0 Å². The van der Waals surface area contributed by atoms with Gasteiger partial charge in [0, 0.05) is 55.3 Å². The fourth-order valence-electron chi connectivity index (χ4n) is 5.91. The number of hydrogen-bond donors (Lipinski definition) is 0. The van der Waals surface area contributed by atoms with Gasteiger partial charge in [0.15, 0.2) is 21.4 Å². The SMILES string of the molecule is CCS(=O)(=O)c1ccc(CCC(=O)c2cc3c(s2)C2(CCN([C@H](C)c4cnc(C(C)(F)F)nc4)CC2)O[C@@H](C)C3)cc1. The van der Waals surface area contributed by atoms with Crippen molar-refractivity contribution >= 4 is 27.0 Å². The van der Waals surface area contributed by atoms with Gasteiger partial charge in [-0.05, 0) is 68.9 Å². The molecule has 42 heavy (non-hydrogen) atoms. The van der Waals surface area contributed by atoms with Crippen LogP contribution < -0.4 is 0 Å². The second-order valence-corrected chi connectivity index (χ2v) is 14.8. The maximum atomic E-state index is 13.5. The number of fused-ring (bicyclic) bond motifs is 2. The molecule has 1 saturated heterocycles. The highest BCUT2D eigenvalue weighted by atomic mass is 32.2. The number of carbonyl (C=O) groups excluding carboxylic acids is 1. The molecule has 0 saturated carbocycles. The average Bonchev–Trinajstić information content (AvgIpc) is 3.41. The lowest BCUT2D eigenvalue weighted by Crippen LogP contribution is -2.48. The first-order valence-corrected chi connectivity index (χ1v) is 16.9. The van der Waals surface area contributed by atoms with Gasteiger partial charge in [0.2, 0.25) is 0 Å². The smallest absolute Gasteiger partial charge is 0.303 e. The number of aryl methyl sites for hydroxylation is 1. The van der Waals surface area contributed by atoms with Gasteiger partial charge in [-0.1, -0.05) is 19.1 Å². The van der Waals surface area contributed by atoms with Gasteiger partial charge in [-0.2, -0.15) is 8.78 Å². The van der Waals surface area contributed by atoms with E-state index >= 15 is 0 Å². The average molecular weight is 618 g/mol. The van der Waals surface area contributed by atoms with Crippen molar-refractivity contribution in [3.05, 3.63) is 75.0 Å². The molecule has 0 radical (unpaired) electrons. The molecule has 2 aromatic heterocycles. The number of alkyl halides is 2. The molecule has 3 aromatic rings. The van der Waals surface area contributed by atoms with Crippen molar-refractivity contribution in [1.82, 2.24) is 14.9 Å². The minimum absolute atomic E-state index is 0.0287. The van der Waals surface area contributed by atoms with Crippen LogP contribution in [0.1, 0.15) is 90.1 Å². The fraction of sp³-hybridized carbons (Fsp3) is 0.516. The molecule has 2 aliphatic heterocycles. The van der Waals surface area contributed by atoms with Crippen molar-refractivity contribution in [2.75, 3.05) is 18.8 Å². The monoisotopic (exact) mass is 617 g/mol. The molecule has 4 heterocycles. The summed E-state index contributed by atoms with van der Waals surface area (Å²) in [5.74, 6) is -3.41. The molecule has 2 aliphatic rings. The van der Waals surface area contributed by atoms with E-state index in [-0.39, 0.29) is 23.7 Å². The van der Waals surface area contributed by atoms with Crippen LogP contribution in [0.3, 0.4) is 0 Å². The topological polar surface area (TPSA) is 89.5 Å². The maximum absolute atomic E-state index is 13.5. The number of likely N-dealkylation sites (tertiary alicyclic amines) is 1. The number of Topliss-reactive ketones (excluding diaryl/α,β-unsaturated/α-hetero) is 1. The Bertz CT molecular complexity index is 1530. The van der Waals surface area contributed by atoms with Crippen molar-refractivity contribution < 1.29 is 26.7 Å². The third-order valence-electron chi connectivity index (χ3n) is 8.44. The number of aromatic nitrogens is 2. The number of piperidine rings is 1. The largest absolute Gasteiger partial charge is 0.366 e. The van der Waals surface area contributed by atoms with Crippen molar-refractivity contribution in [3.63, 3.8) is 0 Å². The minimum atomic E-state index is -3.25. The third-order valence-corrected chi connectivity index (χ3v) is 11.6. The van der Waals surface area contributed by atoms with E-state index in [2.05, 4.69) is 21.8 Å². The Morgan fingerprint density at radius 2 is 1.83 bits per heavy atom. The highest BCUT2D eigenvalue weighted by Gasteiger charge is 2.45. The van der Waals surface area contributed by atoms with Crippen molar-refractivity contribution in [3.8, 4) is 0 Å². The number of rotatable bonds is 9. The summed E-state index contributed by atoms with van der Waals surface area (Å²) < 4.78 is 57.8. The molecule has 0 amide bonds. The first kappa shape index (κ1) is 30.8. The summed E-state index contributed by atoms with van der Waals surface area (Å²) in [6.45, 7) is 8.03. The van der Waals surface area contributed by atoms with E-state index in [0.717, 1.165) is 60.2 Å². The molecule has 1 spiro atoms. The van der Waals surface area contributed by atoms with Crippen molar-refractivity contribution in [2.24, 2.45) is 0 Å². The number of carbonyl (C=O) groups is 1. The maximum Gasteiger partial charge on any atom is 0.303 e. The zero-order valence-corrected chi connectivity index (χ0v) is 26.0. The summed E-state index contributed by atoms with van der Waals surface area (Å²) in [5, 5.41) is 0. The standard InChI is InChI=1S/C31H37F2N3O4S2/c1-5-42(38,39)25-9-6-22(7-10-25)8-11-26(37)27-17-23-16-20(2)40-31(28(23)41-27)12-14-36(15-13-31)21(3)24-18-34-29(35-19-24)30(4,32)33/h6-7,9-10,17-21H,5,8,11-16H2,1-4H3/t20-,21+/m0/s1. The van der Waals surface area contributed by atoms with Crippen molar-refractivity contribution in [2.45, 2.75) is 88.4 Å². The normalized spacial score (nSPS) is 19.9. The molecule has 1 fully saturated rings. The highest BCUT2D eigenvalue weighted by Crippen LogP contribution is 2.48. The predicted octanol–water partition coefficient (Wildman–Crippen LogP) is 6.27. The van der Waals surface area contributed by atoms with Crippen LogP contribution in [0.4, 0.5) is 8.78 Å². The lowest BCUT2D eigenvalue weighted by Gasteiger charge is -2.47. The number of benzene rings is 1. The number of ether oxygens (including phenoxy) is 1. The van der Waals surface area contributed by atoms with Crippen LogP contribution in [0.15, 0.2) is 47.6 Å². The molecule has 0 aliphatic carbocycles. The highest BCUT2D eigenvalue weighted by molar-refractivity contribution is 7.91. The van der Waals surface area contributed by atoms with Gasteiger partial charge < -0.3 is 4.74 Å². The Morgan fingerprint density at radius 3 is 2.43 bits per heavy atom. The molecule has 0 N–H and O–H groups in total. The van der Waals surface area contributed by atoms with Gasteiger partial charge in [0.05, 0.1) is 21.6 Å². The molecule has 5 rings (SSSR count). The Balaban J connectivity index is 1.25. The van der Waals surface area contributed by atoms with Gasteiger partial charge in [-0.15, -0.1) is 11.3 Å². The van der Waals surface area contributed by atoms with E-state index in [4.69, 9.17) is 4.74 Å². The Hall–Kier alpha value is -2.60. The van der Waals surface area contributed by atoms with E-state index in [1.54, 1.807) is 42.5 Å². The van der Waals surface area contributed by atoms with Gasteiger partial charge >= 0.3 is 5.92 Å². The van der Waals surface area contributed by atoms with Crippen LogP contribution in [-0.2, 0) is 38.9 Å². The molecule has 226 valence electrons. The predicted molar refractivity (Wildman–Crippen MR) is 158 cm³/mol. The zero-order valence-electron chi connectivity index (χ0n) is 24.4. The number of thiophene rings is 1. The number of halogens is 2. The van der Waals surface area contributed by atoms with Crippen LogP contribution in [0.2, 0.25) is 0 Å². The van der Waals surface area contributed by atoms with Gasteiger partial charge in [-0.25, -0.2) is 18.4 Å². The summed E-state index contributed by atoms with van der Waals surface area (Å²) >= 11 is 1.54. The van der Waals surface area contributed by atoms with Crippen LogP contribution >= 0.6 is 11.3 Å². The zero-order chi connectivity index (χ0) is 30.3. The third kappa shape index (κ3) is 6.34. The van der Waals surface area contributed by atoms with Crippen molar-refractivity contribution in [1.29, 1.82) is 0 Å². The molecule has 1 aromatic carbocycles. The second kappa shape index (κ2) is 11.8. The summed E-state index contributed by atoms with van der Waals surface area (Å²) in [6.07, 6.45) is 6.20. The van der Waals surface area contributed by atoms with Crippen LogP contribution in [0.25, 0.3) is 0 Å². The lowest BCUT2D eigenvalue weighted by atomic mass is 9.83. The fourth-order valence-corrected chi connectivity index (χ4v) is 8.15. The van der Waals surface area contributed by atoms with E-state index in [9.17, 15) is 22.0 Å². The summed E-state index contributed by atoms with van der Waals surface area (Å²) in [6, 6.07) is 8.81. The number of nitrogens with zero attached hydrogens (tertiary/aromatic N) is 3. The molecular formula is C31H37F2N3O4S2. The number of ketones is 1. The summed E-state index contributed by atoms with van der Waals surface area (Å²) in [7, 11) is -3.25. The van der Waals surface area contributed by atoms with E-state index in [1.807, 2.05) is 13.0 Å². The summed E-state index contributed by atoms with van der Waals surface area (Å²) in [5.41, 5.74) is 2.46. The molecule has 7 nitrogen and oxygen atoms in total. The van der Waals surface area contributed by atoms with E-state index in [0.29, 0.717) is 17.7 Å². The molecule has 11 heteroatoms. The van der Waals surface area contributed by atoms with Gasteiger partial charge in [-0.3, -0.25) is 9.69 Å². The second-order valence-electron chi connectivity index (χ2n) is 11.5. The van der Waals surface area contributed by atoms with Crippen LogP contribution in [0.5, 0.6) is 0 Å². The Labute approximate surface area is 250 Å². The quantitative estimate of drug-likeness (QED) is 0.262. The molecule has 0 bridgehead atoms. The molecule has 0 unspecified atom stereocenters. The minimum Gasteiger partial charge on any atom is -0.366 e. The number of sulfone groups is 1. The van der Waals surface area contributed by atoms with Crippen LogP contribution in [0, 0.1) is 0 Å². The molecular weight excluding hydrogens is 580 g/mol. The Kier molecular flexibility index (Phi) is 8.68. The lowest BCUT2D eigenvalue weighted by molar-refractivity contribution is -0.134. The van der Waals surface area contributed by atoms with E-state index < -0.39 is 27.2 Å². The van der Waals surface area contributed by atoms with Gasteiger partial charge in [0.1, 0.15) is 5.60 Å². The van der Waals surface area contributed by atoms with E-state index in [1.165, 1.54) is 18.0 Å². The molecule has 2 atom stereocenters. The Morgan fingerprint density at radius 1 is 1.19 bits per heavy atom. The first-order valence-electron chi connectivity index (χ1n) is 14.4. The first-order chi connectivity index (χ1) is 19.8.